The lowest BCUT2D eigenvalue weighted by atomic mass is 9.63. The number of thioether (sulfide) groups is 1. The largest absolute Gasteiger partial charge is 0.0926 e. The number of fused-ring (bicyclic) bond motifs is 6. The number of hydrogen-bond donors (Lipinski definition) is 0. The van der Waals surface area contributed by atoms with Gasteiger partial charge in [0.15, 0.2) is 0 Å². The van der Waals surface area contributed by atoms with Gasteiger partial charge in [-0.1, -0.05) is 216 Å². The van der Waals surface area contributed by atoms with E-state index >= 15 is 0 Å². The molecule has 5 unspecified atom stereocenters. The maximum Gasteiger partial charge on any atom is 0.0553 e. The summed E-state index contributed by atoms with van der Waals surface area (Å²) in [6, 6.07) is 57.0. The SMILES string of the molecule is C/C=C\C=C/C(I)c1cc(-c2ccccc2)cc2c1SC1=C(c3cccc(C4(c5ccccc5)c5ccccc5C5C=CC=CC54)c3)C=C(c3ccccc3)CC12. The second-order valence-corrected chi connectivity index (χ2v) is 17.9. The van der Waals surface area contributed by atoms with Crippen LogP contribution in [0.4, 0.5) is 0 Å². The summed E-state index contributed by atoms with van der Waals surface area (Å²) in [7, 11) is 0. The highest BCUT2D eigenvalue weighted by Gasteiger charge is 2.53. The summed E-state index contributed by atoms with van der Waals surface area (Å²) >= 11 is 4.65. The van der Waals surface area contributed by atoms with Gasteiger partial charge in [0.2, 0.25) is 0 Å². The molecule has 0 fully saturated rings. The van der Waals surface area contributed by atoms with Crippen LogP contribution in [0.15, 0.2) is 216 Å². The van der Waals surface area contributed by atoms with Crippen molar-refractivity contribution in [3.63, 3.8) is 0 Å². The Bertz CT molecular complexity index is 2660. The maximum atomic E-state index is 2.64. The fraction of sp³-hybridized carbons (Fsp3) is 0.127. The molecular formula is C55H43IS. The van der Waals surface area contributed by atoms with Crippen LogP contribution in [-0.4, -0.2) is 0 Å². The number of benzene rings is 6. The molecule has 0 N–H and O–H groups in total. The molecule has 0 radical (unpaired) electrons. The van der Waals surface area contributed by atoms with Gasteiger partial charge in [0.05, 0.1) is 9.34 Å². The highest BCUT2D eigenvalue weighted by molar-refractivity contribution is 14.1. The Balaban J connectivity index is 1.19. The highest BCUT2D eigenvalue weighted by atomic mass is 127. The van der Waals surface area contributed by atoms with Crippen molar-refractivity contribution < 1.29 is 0 Å². The summed E-state index contributed by atoms with van der Waals surface area (Å²) < 4.78 is 0.233. The molecule has 3 aliphatic carbocycles. The van der Waals surface area contributed by atoms with Gasteiger partial charge in [-0.2, -0.15) is 0 Å². The zero-order valence-electron chi connectivity index (χ0n) is 31.9. The lowest BCUT2D eigenvalue weighted by Gasteiger charge is -2.39. The summed E-state index contributed by atoms with van der Waals surface area (Å²) in [6.07, 6.45) is 21.7. The third-order valence-electron chi connectivity index (χ3n) is 12.4. The first-order valence-electron chi connectivity index (χ1n) is 20.1. The van der Waals surface area contributed by atoms with Gasteiger partial charge in [-0.15, -0.1) is 0 Å². The Hall–Kier alpha value is -5.16. The molecule has 2 heteroatoms. The molecule has 6 aromatic rings. The van der Waals surface area contributed by atoms with E-state index in [0.29, 0.717) is 5.92 Å². The molecule has 0 spiro atoms. The Kier molecular flexibility index (Phi) is 9.72. The first kappa shape index (κ1) is 36.2. The molecule has 0 bridgehead atoms. The van der Waals surface area contributed by atoms with Gasteiger partial charge in [0.25, 0.3) is 0 Å². The van der Waals surface area contributed by atoms with Crippen LogP contribution in [0.2, 0.25) is 0 Å². The maximum absolute atomic E-state index is 2.64. The van der Waals surface area contributed by atoms with E-state index in [4.69, 9.17) is 0 Å². The summed E-state index contributed by atoms with van der Waals surface area (Å²) in [4.78, 5) is 2.89. The van der Waals surface area contributed by atoms with Gasteiger partial charge in [-0.25, -0.2) is 0 Å². The van der Waals surface area contributed by atoms with Crippen molar-refractivity contribution in [3.05, 3.63) is 256 Å². The second-order valence-electron chi connectivity index (χ2n) is 15.5. The molecule has 0 saturated heterocycles. The summed E-state index contributed by atoms with van der Waals surface area (Å²) in [5.41, 5.74) is 16.0. The van der Waals surface area contributed by atoms with Crippen molar-refractivity contribution >= 4 is 45.5 Å². The van der Waals surface area contributed by atoms with Crippen LogP contribution >= 0.6 is 34.4 Å². The third kappa shape index (κ3) is 6.20. The number of allylic oxidation sites excluding steroid dienone is 12. The molecule has 6 aromatic carbocycles. The summed E-state index contributed by atoms with van der Waals surface area (Å²) in [5.74, 6) is 0.853. The molecule has 0 saturated carbocycles. The van der Waals surface area contributed by atoms with E-state index in [0.717, 1.165) is 6.42 Å². The number of alkyl halides is 1. The average molecular weight is 863 g/mol. The molecule has 0 aromatic heterocycles. The van der Waals surface area contributed by atoms with Crippen LogP contribution in [0.5, 0.6) is 0 Å². The predicted molar refractivity (Wildman–Crippen MR) is 251 cm³/mol. The van der Waals surface area contributed by atoms with Gasteiger partial charge in [0.1, 0.15) is 0 Å². The fourth-order valence-electron chi connectivity index (χ4n) is 9.94. The minimum atomic E-state index is -0.331. The van der Waals surface area contributed by atoms with Gasteiger partial charge >= 0.3 is 0 Å². The van der Waals surface area contributed by atoms with Crippen LogP contribution in [0.1, 0.15) is 73.6 Å². The normalized spacial score (nSPS) is 22.4. The summed E-state index contributed by atoms with van der Waals surface area (Å²) in [6.45, 7) is 2.08. The van der Waals surface area contributed by atoms with Gasteiger partial charge in [0, 0.05) is 27.6 Å². The average Bonchev–Trinajstić information content (AvgIpc) is 3.81. The molecule has 1 heterocycles. The molecule has 0 amide bonds. The van der Waals surface area contributed by atoms with E-state index in [1.54, 1.807) is 0 Å². The van der Waals surface area contributed by atoms with Gasteiger partial charge in [-0.05, 0) is 104 Å². The minimum Gasteiger partial charge on any atom is -0.0926 e. The molecule has 4 aliphatic rings. The van der Waals surface area contributed by atoms with Crippen LogP contribution in [0, 0.1) is 5.92 Å². The highest BCUT2D eigenvalue weighted by Crippen LogP contribution is 2.62. The van der Waals surface area contributed by atoms with Gasteiger partial charge < -0.3 is 0 Å². The van der Waals surface area contributed by atoms with Crippen LogP contribution in [0.3, 0.4) is 0 Å². The first-order chi connectivity index (χ1) is 28.1. The van der Waals surface area contributed by atoms with E-state index in [9.17, 15) is 0 Å². The van der Waals surface area contributed by atoms with Crippen molar-refractivity contribution in [3.8, 4) is 11.1 Å². The van der Waals surface area contributed by atoms with E-state index in [-0.39, 0.29) is 21.2 Å². The first-order valence-corrected chi connectivity index (χ1v) is 22.2. The van der Waals surface area contributed by atoms with E-state index in [1.807, 2.05) is 11.8 Å². The molecule has 0 nitrogen and oxygen atoms in total. The zero-order valence-corrected chi connectivity index (χ0v) is 34.9. The molecule has 57 heavy (non-hydrogen) atoms. The third-order valence-corrected chi connectivity index (χ3v) is 14.9. The topological polar surface area (TPSA) is 0 Å². The van der Waals surface area contributed by atoms with Crippen molar-refractivity contribution in [1.29, 1.82) is 0 Å². The Labute approximate surface area is 355 Å². The smallest absolute Gasteiger partial charge is 0.0553 e. The monoisotopic (exact) mass is 862 g/mol. The van der Waals surface area contributed by atoms with Crippen molar-refractivity contribution in [2.75, 3.05) is 0 Å². The Morgan fingerprint density at radius 3 is 2.12 bits per heavy atom. The molecule has 10 rings (SSSR count). The zero-order chi connectivity index (χ0) is 38.3. The quantitative estimate of drug-likeness (QED) is 0.0835. The number of halogens is 1. The van der Waals surface area contributed by atoms with Crippen LogP contribution < -0.4 is 0 Å². The summed E-state index contributed by atoms with van der Waals surface area (Å²) in [5, 5.41) is 0. The molecule has 276 valence electrons. The lowest BCUT2D eigenvalue weighted by Crippen LogP contribution is -2.35. The van der Waals surface area contributed by atoms with Gasteiger partial charge in [-0.3, -0.25) is 0 Å². The lowest BCUT2D eigenvalue weighted by molar-refractivity contribution is 0.456. The molecular weight excluding hydrogens is 820 g/mol. The van der Waals surface area contributed by atoms with Crippen molar-refractivity contribution in [2.45, 2.75) is 39.4 Å². The van der Waals surface area contributed by atoms with Crippen molar-refractivity contribution in [1.82, 2.24) is 0 Å². The Morgan fingerprint density at radius 2 is 1.33 bits per heavy atom. The Morgan fingerprint density at radius 1 is 0.649 bits per heavy atom. The predicted octanol–water partition coefficient (Wildman–Crippen LogP) is 15.2. The van der Waals surface area contributed by atoms with E-state index in [1.165, 1.54) is 76.6 Å². The van der Waals surface area contributed by atoms with E-state index in [2.05, 4.69) is 236 Å². The van der Waals surface area contributed by atoms with Crippen LogP contribution in [0.25, 0.3) is 22.3 Å². The number of hydrogen-bond acceptors (Lipinski definition) is 1. The van der Waals surface area contributed by atoms with E-state index < -0.39 is 0 Å². The molecule has 5 atom stereocenters. The molecule has 1 aliphatic heterocycles. The van der Waals surface area contributed by atoms with Crippen LogP contribution in [-0.2, 0) is 5.41 Å². The standard InChI is InChI=1S/C55H43IS/c1-2-3-7-31-52(56)49-36-41(38-21-10-5-11-22-38)35-48-47-34-40(37-19-8-4-9-20-37)33-46(53(47)57-54(48)49)39-23-18-26-43(32-39)55(42-24-12-6-13-25-42)50-29-16-14-27-44(50)45-28-15-17-30-51(45)55/h2-33,35-36,44,47,50,52H,34H2,1H3/b3-2-,31-7-. The fourth-order valence-corrected chi connectivity index (χ4v) is 12.4. The second kappa shape index (κ2) is 15.3. The van der Waals surface area contributed by atoms with Crippen molar-refractivity contribution in [2.24, 2.45) is 5.92 Å². The number of rotatable bonds is 8. The minimum absolute atomic E-state index is 0.233.